The van der Waals surface area contributed by atoms with Crippen LogP contribution in [-0.4, -0.2) is 55.4 Å². The van der Waals surface area contributed by atoms with Crippen LogP contribution in [0.3, 0.4) is 0 Å². The van der Waals surface area contributed by atoms with Crippen molar-refractivity contribution in [1.29, 1.82) is 0 Å². The number of halogens is 1. The SMILES string of the molecule is Cc1cc(Cl)ccc1OCCCC(=O)N1CCC(C(=O)N(C)C)CC1. The summed E-state index contributed by atoms with van der Waals surface area (Å²) < 4.78 is 5.72. The number of nitrogens with zero attached hydrogens (tertiary/aromatic N) is 2. The number of rotatable bonds is 6. The lowest BCUT2D eigenvalue weighted by Gasteiger charge is -2.32. The third-order valence-corrected chi connectivity index (χ3v) is 4.80. The fraction of sp³-hybridized carbons (Fsp3) is 0.579. The molecule has 1 heterocycles. The highest BCUT2D eigenvalue weighted by molar-refractivity contribution is 6.30. The van der Waals surface area contributed by atoms with E-state index in [1.165, 1.54) is 0 Å². The quantitative estimate of drug-likeness (QED) is 0.727. The molecule has 0 aliphatic carbocycles. The van der Waals surface area contributed by atoms with Gasteiger partial charge in [0.25, 0.3) is 0 Å². The highest BCUT2D eigenvalue weighted by Crippen LogP contribution is 2.22. The molecule has 2 rings (SSSR count). The molecule has 6 heteroatoms. The molecule has 0 bridgehead atoms. The number of ether oxygens (including phenoxy) is 1. The van der Waals surface area contributed by atoms with Crippen LogP contribution < -0.4 is 4.74 Å². The van der Waals surface area contributed by atoms with Crippen LogP contribution in [0.25, 0.3) is 0 Å². The molecule has 0 saturated carbocycles. The summed E-state index contributed by atoms with van der Waals surface area (Å²) in [4.78, 5) is 27.8. The first-order chi connectivity index (χ1) is 11.9. The highest BCUT2D eigenvalue weighted by Gasteiger charge is 2.27. The van der Waals surface area contributed by atoms with Gasteiger partial charge in [-0.1, -0.05) is 11.6 Å². The highest BCUT2D eigenvalue weighted by atomic mass is 35.5. The molecule has 0 spiro atoms. The van der Waals surface area contributed by atoms with Crippen LogP contribution in [0.15, 0.2) is 18.2 Å². The van der Waals surface area contributed by atoms with Gasteiger partial charge in [0.2, 0.25) is 11.8 Å². The zero-order chi connectivity index (χ0) is 18.4. The Morgan fingerprint density at radius 1 is 1.28 bits per heavy atom. The number of carbonyl (C=O) groups is 2. The van der Waals surface area contributed by atoms with Gasteiger partial charge in [-0.2, -0.15) is 0 Å². The predicted molar refractivity (Wildman–Crippen MR) is 98.9 cm³/mol. The van der Waals surface area contributed by atoms with Gasteiger partial charge in [0.05, 0.1) is 6.61 Å². The van der Waals surface area contributed by atoms with E-state index in [-0.39, 0.29) is 17.7 Å². The molecule has 1 fully saturated rings. The van der Waals surface area contributed by atoms with Crippen LogP contribution in [0.4, 0.5) is 0 Å². The van der Waals surface area contributed by atoms with Crippen LogP contribution in [0.1, 0.15) is 31.2 Å². The van der Waals surface area contributed by atoms with Gasteiger partial charge < -0.3 is 14.5 Å². The van der Waals surface area contributed by atoms with Crippen LogP contribution in [-0.2, 0) is 9.59 Å². The number of carbonyl (C=O) groups excluding carboxylic acids is 2. The van der Waals surface area contributed by atoms with Crippen molar-refractivity contribution in [2.24, 2.45) is 5.92 Å². The summed E-state index contributed by atoms with van der Waals surface area (Å²) >= 11 is 5.92. The molecule has 1 aliphatic rings. The van der Waals surface area contributed by atoms with E-state index in [0.717, 1.165) is 24.2 Å². The van der Waals surface area contributed by atoms with E-state index in [1.54, 1.807) is 25.1 Å². The molecule has 1 saturated heterocycles. The molecular weight excluding hydrogens is 340 g/mol. The normalized spacial score (nSPS) is 15.1. The second kappa shape index (κ2) is 9.09. The Morgan fingerprint density at radius 3 is 2.56 bits per heavy atom. The summed E-state index contributed by atoms with van der Waals surface area (Å²) in [5.74, 6) is 1.17. The second-order valence-electron chi connectivity index (χ2n) is 6.75. The molecule has 138 valence electrons. The van der Waals surface area contributed by atoms with E-state index in [4.69, 9.17) is 16.3 Å². The van der Waals surface area contributed by atoms with Crippen molar-refractivity contribution >= 4 is 23.4 Å². The van der Waals surface area contributed by atoms with Crippen LogP contribution >= 0.6 is 11.6 Å². The number of likely N-dealkylation sites (tertiary alicyclic amines) is 1. The van der Waals surface area contributed by atoms with Crippen LogP contribution in [0.2, 0.25) is 5.02 Å². The van der Waals surface area contributed by atoms with E-state index in [1.807, 2.05) is 24.0 Å². The molecule has 1 aromatic rings. The van der Waals surface area contributed by atoms with Crippen molar-refractivity contribution in [2.45, 2.75) is 32.6 Å². The Morgan fingerprint density at radius 2 is 1.96 bits per heavy atom. The summed E-state index contributed by atoms with van der Waals surface area (Å²) in [6.45, 7) is 3.79. The first-order valence-electron chi connectivity index (χ1n) is 8.76. The van der Waals surface area contributed by atoms with Gasteiger partial charge >= 0.3 is 0 Å². The van der Waals surface area contributed by atoms with Gasteiger partial charge in [-0.15, -0.1) is 0 Å². The number of piperidine rings is 1. The smallest absolute Gasteiger partial charge is 0.225 e. The predicted octanol–water partition coefficient (Wildman–Crippen LogP) is 3.13. The van der Waals surface area contributed by atoms with Gasteiger partial charge in [0.15, 0.2) is 0 Å². The average molecular weight is 367 g/mol. The van der Waals surface area contributed by atoms with Gasteiger partial charge in [-0.3, -0.25) is 9.59 Å². The first-order valence-corrected chi connectivity index (χ1v) is 9.14. The van der Waals surface area contributed by atoms with E-state index >= 15 is 0 Å². The minimum Gasteiger partial charge on any atom is -0.493 e. The minimum absolute atomic E-state index is 0.0512. The van der Waals surface area contributed by atoms with Crippen molar-refractivity contribution < 1.29 is 14.3 Å². The molecule has 0 N–H and O–H groups in total. The lowest BCUT2D eigenvalue weighted by molar-refractivity contribution is -0.139. The lowest BCUT2D eigenvalue weighted by atomic mass is 9.95. The maximum absolute atomic E-state index is 12.3. The Bertz CT molecular complexity index is 611. The molecule has 5 nitrogen and oxygen atoms in total. The van der Waals surface area contributed by atoms with Gasteiger partial charge in [0.1, 0.15) is 5.75 Å². The van der Waals surface area contributed by atoms with Gasteiger partial charge in [-0.05, 0) is 49.9 Å². The minimum atomic E-state index is 0.0512. The molecule has 2 amide bonds. The zero-order valence-electron chi connectivity index (χ0n) is 15.3. The average Bonchev–Trinajstić information content (AvgIpc) is 2.59. The number of benzene rings is 1. The summed E-state index contributed by atoms with van der Waals surface area (Å²) in [5, 5.41) is 0.691. The fourth-order valence-electron chi connectivity index (χ4n) is 3.08. The van der Waals surface area contributed by atoms with E-state index in [2.05, 4.69) is 0 Å². The molecule has 25 heavy (non-hydrogen) atoms. The summed E-state index contributed by atoms with van der Waals surface area (Å²) in [7, 11) is 3.56. The molecule has 0 unspecified atom stereocenters. The van der Waals surface area contributed by atoms with E-state index in [9.17, 15) is 9.59 Å². The topological polar surface area (TPSA) is 49.9 Å². The molecule has 0 radical (unpaired) electrons. The van der Waals surface area contributed by atoms with Crippen LogP contribution in [0.5, 0.6) is 5.75 Å². The molecule has 0 aromatic heterocycles. The fourth-order valence-corrected chi connectivity index (χ4v) is 3.31. The molecule has 0 atom stereocenters. The van der Waals surface area contributed by atoms with Gasteiger partial charge in [0, 0.05) is 44.5 Å². The monoisotopic (exact) mass is 366 g/mol. The van der Waals surface area contributed by atoms with Crippen molar-refractivity contribution in [3.05, 3.63) is 28.8 Å². The summed E-state index contributed by atoms with van der Waals surface area (Å²) in [5.41, 5.74) is 0.992. The third-order valence-electron chi connectivity index (χ3n) is 4.57. The van der Waals surface area contributed by atoms with Crippen LogP contribution in [0, 0.1) is 12.8 Å². The molecule has 1 aromatic carbocycles. The Kier molecular flexibility index (Phi) is 7.12. The third kappa shape index (κ3) is 5.63. The Hall–Kier alpha value is -1.75. The summed E-state index contributed by atoms with van der Waals surface area (Å²) in [6, 6.07) is 5.52. The maximum Gasteiger partial charge on any atom is 0.225 e. The van der Waals surface area contributed by atoms with Crippen molar-refractivity contribution in [3.8, 4) is 5.75 Å². The number of hydrogen-bond acceptors (Lipinski definition) is 3. The Balaban J connectivity index is 1.68. The number of hydrogen-bond donors (Lipinski definition) is 0. The zero-order valence-corrected chi connectivity index (χ0v) is 16.0. The Labute approximate surface area is 154 Å². The maximum atomic E-state index is 12.3. The number of amides is 2. The molecular formula is C19H27ClN2O3. The van der Waals surface area contributed by atoms with Crippen molar-refractivity contribution in [3.63, 3.8) is 0 Å². The van der Waals surface area contributed by atoms with Gasteiger partial charge in [-0.25, -0.2) is 0 Å². The van der Waals surface area contributed by atoms with Crippen molar-refractivity contribution in [1.82, 2.24) is 9.80 Å². The first kappa shape index (κ1) is 19.6. The van der Waals surface area contributed by atoms with E-state index in [0.29, 0.717) is 37.6 Å². The summed E-state index contributed by atoms with van der Waals surface area (Å²) in [6.07, 6.45) is 2.66. The molecule has 1 aliphatic heterocycles. The standard InChI is InChI=1S/C19H27ClN2O3/c1-14-13-16(20)6-7-17(14)25-12-4-5-18(23)22-10-8-15(9-11-22)19(24)21(2)3/h6-7,13,15H,4-5,8-12H2,1-3H3. The number of aryl methyl sites for hydroxylation is 1. The van der Waals surface area contributed by atoms with Crippen molar-refractivity contribution in [2.75, 3.05) is 33.8 Å². The largest absolute Gasteiger partial charge is 0.493 e. The lowest BCUT2D eigenvalue weighted by Crippen LogP contribution is -2.42. The van der Waals surface area contributed by atoms with E-state index < -0.39 is 0 Å². The second-order valence-corrected chi connectivity index (χ2v) is 7.19.